The van der Waals surface area contributed by atoms with Gasteiger partial charge in [0.25, 0.3) is 0 Å². The van der Waals surface area contributed by atoms with E-state index in [1.165, 1.54) is 6.07 Å². The van der Waals surface area contributed by atoms with Gasteiger partial charge in [0, 0.05) is 18.4 Å². The number of rotatable bonds is 4. The summed E-state index contributed by atoms with van der Waals surface area (Å²) in [5.74, 6) is 0. The van der Waals surface area contributed by atoms with Crippen LogP contribution in [0, 0.1) is 0 Å². The molecule has 0 saturated heterocycles. The van der Waals surface area contributed by atoms with Crippen LogP contribution in [0.4, 0.5) is 0 Å². The van der Waals surface area contributed by atoms with E-state index in [9.17, 15) is 8.42 Å². The summed E-state index contributed by atoms with van der Waals surface area (Å²) >= 11 is 5.91. The third-order valence-corrected chi connectivity index (χ3v) is 4.68. The smallest absolute Gasteiger partial charge is 0.242 e. The summed E-state index contributed by atoms with van der Waals surface area (Å²) in [7, 11) is -3.65. The molecule has 0 fully saturated rings. The number of halogens is 1. The average Bonchev–Trinajstić information content (AvgIpc) is 2.39. The minimum atomic E-state index is -3.65. The van der Waals surface area contributed by atoms with Crippen LogP contribution in [0.15, 0.2) is 53.7 Å². The predicted molar refractivity (Wildman–Crippen MR) is 74.4 cm³/mol. The van der Waals surface area contributed by atoms with Crippen LogP contribution in [0.25, 0.3) is 0 Å². The molecular weight excluding hydrogens is 284 g/mol. The molecular formula is C13H13ClN2O2S. The molecule has 0 radical (unpaired) electrons. The Balaban J connectivity index is 2.26. The maximum atomic E-state index is 12.2. The zero-order valence-corrected chi connectivity index (χ0v) is 11.8. The molecule has 0 aliphatic heterocycles. The molecule has 0 amide bonds. The van der Waals surface area contributed by atoms with Crippen molar-refractivity contribution in [3.63, 3.8) is 0 Å². The first kappa shape index (κ1) is 14.0. The van der Waals surface area contributed by atoms with Crippen LogP contribution in [0.2, 0.25) is 5.02 Å². The van der Waals surface area contributed by atoms with Crippen molar-refractivity contribution in [3.8, 4) is 0 Å². The molecule has 100 valence electrons. The first-order valence-electron chi connectivity index (χ1n) is 5.67. The zero-order chi connectivity index (χ0) is 13.9. The summed E-state index contributed by atoms with van der Waals surface area (Å²) in [5, 5.41) is 0.202. The minimum Gasteiger partial charge on any atom is -0.264 e. The van der Waals surface area contributed by atoms with Gasteiger partial charge in [0.1, 0.15) is 4.90 Å². The summed E-state index contributed by atoms with van der Waals surface area (Å²) in [6, 6.07) is 9.53. The van der Waals surface area contributed by atoms with Gasteiger partial charge in [-0.15, -0.1) is 0 Å². The van der Waals surface area contributed by atoms with Crippen LogP contribution >= 0.6 is 11.6 Å². The van der Waals surface area contributed by atoms with Crippen molar-refractivity contribution in [2.75, 3.05) is 0 Å². The molecule has 19 heavy (non-hydrogen) atoms. The predicted octanol–water partition coefficient (Wildman–Crippen LogP) is 2.77. The van der Waals surface area contributed by atoms with Crippen LogP contribution in [0.3, 0.4) is 0 Å². The zero-order valence-electron chi connectivity index (χ0n) is 10.2. The van der Waals surface area contributed by atoms with Crippen molar-refractivity contribution in [3.05, 3.63) is 59.4 Å². The molecule has 4 nitrogen and oxygen atoms in total. The van der Waals surface area contributed by atoms with Gasteiger partial charge in [-0.3, -0.25) is 4.98 Å². The fourth-order valence-corrected chi connectivity index (χ4v) is 3.41. The van der Waals surface area contributed by atoms with Gasteiger partial charge in [-0.1, -0.05) is 29.8 Å². The van der Waals surface area contributed by atoms with E-state index in [0.29, 0.717) is 0 Å². The second kappa shape index (κ2) is 5.69. The van der Waals surface area contributed by atoms with E-state index in [-0.39, 0.29) is 16.0 Å². The van der Waals surface area contributed by atoms with Crippen LogP contribution in [0.1, 0.15) is 18.5 Å². The number of benzene rings is 1. The van der Waals surface area contributed by atoms with Gasteiger partial charge in [-0.2, -0.15) is 0 Å². The lowest BCUT2D eigenvalue weighted by Gasteiger charge is -2.14. The van der Waals surface area contributed by atoms with E-state index in [2.05, 4.69) is 9.71 Å². The van der Waals surface area contributed by atoms with E-state index in [1.807, 2.05) is 6.07 Å². The van der Waals surface area contributed by atoms with Crippen molar-refractivity contribution in [1.82, 2.24) is 9.71 Å². The van der Waals surface area contributed by atoms with Crippen molar-refractivity contribution >= 4 is 21.6 Å². The normalized spacial score (nSPS) is 13.2. The average molecular weight is 297 g/mol. The summed E-state index contributed by atoms with van der Waals surface area (Å²) in [5.41, 5.74) is 0.790. The monoisotopic (exact) mass is 296 g/mol. The molecule has 0 aliphatic rings. The molecule has 1 atom stereocenters. The van der Waals surface area contributed by atoms with Gasteiger partial charge in [-0.25, -0.2) is 13.1 Å². The Morgan fingerprint density at radius 3 is 2.58 bits per heavy atom. The Labute approximate surface area is 117 Å². The first-order chi connectivity index (χ1) is 9.00. The van der Waals surface area contributed by atoms with E-state index < -0.39 is 10.0 Å². The van der Waals surface area contributed by atoms with E-state index in [0.717, 1.165) is 5.56 Å². The first-order valence-corrected chi connectivity index (χ1v) is 7.53. The van der Waals surface area contributed by atoms with Crippen molar-refractivity contribution in [2.24, 2.45) is 0 Å². The molecule has 0 aliphatic carbocycles. The Kier molecular flexibility index (Phi) is 4.19. The molecule has 1 heterocycles. The number of hydrogen-bond acceptors (Lipinski definition) is 3. The third-order valence-electron chi connectivity index (χ3n) is 2.64. The number of hydrogen-bond donors (Lipinski definition) is 1. The Morgan fingerprint density at radius 2 is 1.95 bits per heavy atom. The van der Waals surface area contributed by atoms with Crippen LogP contribution in [-0.4, -0.2) is 13.4 Å². The van der Waals surface area contributed by atoms with Gasteiger partial charge in [0.2, 0.25) is 10.0 Å². The minimum absolute atomic E-state index is 0.0763. The van der Waals surface area contributed by atoms with Crippen molar-refractivity contribution in [2.45, 2.75) is 17.9 Å². The van der Waals surface area contributed by atoms with Crippen molar-refractivity contribution in [1.29, 1.82) is 0 Å². The fourth-order valence-electron chi connectivity index (χ4n) is 1.66. The Bertz CT molecular complexity index is 659. The standard InChI is InChI=1S/C13H13ClN2O2S/c1-10(11-5-4-8-15-9-11)16-19(17,18)13-7-3-2-6-12(13)14/h2-10,16H,1H3/t10-/m0/s1. The molecule has 1 N–H and O–H groups in total. The highest BCUT2D eigenvalue weighted by Gasteiger charge is 2.20. The molecule has 0 unspecified atom stereocenters. The highest BCUT2D eigenvalue weighted by Crippen LogP contribution is 2.22. The highest BCUT2D eigenvalue weighted by molar-refractivity contribution is 7.89. The van der Waals surface area contributed by atoms with Gasteiger partial charge in [0.15, 0.2) is 0 Å². The van der Waals surface area contributed by atoms with E-state index >= 15 is 0 Å². The number of nitrogens with one attached hydrogen (secondary N) is 1. The van der Waals surface area contributed by atoms with Crippen molar-refractivity contribution < 1.29 is 8.42 Å². The third kappa shape index (κ3) is 3.32. The fraction of sp³-hybridized carbons (Fsp3) is 0.154. The van der Waals surface area contributed by atoms with Gasteiger partial charge in [-0.05, 0) is 30.7 Å². The topological polar surface area (TPSA) is 59.1 Å². The molecule has 0 bridgehead atoms. The summed E-state index contributed by atoms with van der Waals surface area (Å²) in [6.45, 7) is 1.76. The molecule has 1 aromatic carbocycles. The number of pyridine rings is 1. The molecule has 0 spiro atoms. The van der Waals surface area contributed by atoms with Gasteiger partial charge in [0.05, 0.1) is 5.02 Å². The van der Waals surface area contributed by atoms with E-state index in [4.69, 9.17) is 11.6 Å². The molecule has 2 rings (SSSR count). The number of sulfonamides is 1. The van der Waals surface area contributed by atoms with Crippen LogP contribution in [0.5, 0.6) is 0 Å². The second-order valence-electron chi connectivity index (χ2n) is 4.06. The number of nitrogens with zero attached hydrogens (tertiary/aromatic N) is 1. The molecule has 2 aromatic rings. The SMILES string of the molecule is C[C@H](NS(=O)(=O)c1ccccc1Cl)c1cccnc1. The van der Waals surface area contributed by atoms with Crippen LogP contribution < -0.4 is 4.72 Å². The molecule has 6 heteroatoms. The second-order valence-corrected chi connectivity index (χ2v) is 6.15. The molecule has 0 saturated carbocycles. The van der Waals surface area contributed by atoms with E-state index in [1.54, 1.807) is 43.6 Å². The Hall–Kier alpha value is -1.43. The quantitative estimate of drug-likeness (QED) is 0.944. The molecule has 1 aromatic heterocycles. The Morgan fingerprint density at radius 1 is 1.21 bits per heavy atom. The summed E-state index contributed by atoms with van der Waals surface area (Å²) in [6.07, 6.45) is 3.26. The summed E-state index contributed by atoms with van der Waals surface area (Å²) < 4.78 is 27.0. The maximum Gasteiger partial charge on any atom is 0.242 e. The van der Waals surface area contributed by atoms with Crippen LogP contribution in [-0.2, 0) is 10.0 Å². The lowest BCUT2D eigenvalue weighted by molar-refractivity contribution is 0.566. The maximum absolute atomic E-state index is 12.2. The van der Waals surface area contributed by atoms with Gasteiger partial charge >= 0.3 is 0 Å². The lowest BCUT2D eigenvalue weighted by Crippen LogP contribution is -2.27. The largest absolute Gasteiger partial charge is 0.264 e. The van der Waals surface area contributed by atoms with Gasteiger partial charge < -0.3 is 0 Å². The highest BCUT2D eigenvalue weighted by atomic mass is 35.5. The summed E-state index contributed by atoms with van der Waals surface area (Å²) in [4.78, 5) is 4.04. The number of aromatic nitrogens is 1. The lowest BCUT2D eigenvalue weighted by atomic mass is 10.2.